The molecule has 0 atom stereocenters. The van der Waals surface area contributed by atoms with Crippen molar-refractivity contribution in [1.82, 2.24) is 4.98 Å². The quantitative estimate of drug-likeness (QED) is 0.632. The molecule has 1 aliphatic carbocycles. The summed E-state index contributed by atoms with van der Waals surface area (Å²) in [5, 5.41) is 5.75. The highest BCUT2D eigenvalue weighted by atomic mass is 14.9. The topological polar surface area (TPSA) is 50.9 Å². The Morgan fingerprint density at radius 2 is 2.00 bits per heavy atom. The van der Waals surface area contributed by atoms with Gasteiger partial charge in [0.15, 0.2) is 0 Å². The first-order valence-electron chi connectivity index (χ1n) is 7.70. The van der Waals surface area contributed by atoms with Gasteiger partial charge in [-0.05, 0) is 37.0 Å². The van der Waals surface area contributed by atoms with E-state index in [1.807, 2.05) is 18.3 Å². The Kier molecular flexibility index (Phi) is 4.05. The zero-order valence-electron chi connectivity index (χ0n) is 11.9. The lowest BCUT2D eigenvalue weighted by atomic mass is 10.0. The molecular weight excluding hydrogens is 246 g/mol. The average Bonchev–Trinajstić information content (AvgIpc) is 2.99. The van der Waals surface area contributed by atoms with Gasteiger partial charge in [0, 0.05) is 41.1 Å². The van der Waals surface area contributed by atoms with Crippen molar-refractivity contribution in [3.05, 3.63) is 30.6 Å². The Hall–Kier alpha value is -1.77. The van der Waals surface area contributed by atoms with Gasteiger partial charge >= 0.3 is 0 Å². The standard InChI is InChI=1S/C17H23N3/c18-16-7-8-17(15-12-19-11-9-14(15)16)20-10-3-6-13-4-1-2-5-13/h7-9,11-13,20H,1-6,10,18H2. The second-order valence-corrected chi connectivity index (χ2v) is 5.84. The average molecular weight is 269 g/mol. The second kappa shape index (κ2) is 6.12. The van der Waals surface area contributed by atoms with E-state index in [1.165, 1.54) is 38.5 Å². The summed E-state index contributed by atoms with van der Waals surface area (Å²) in [5.41, 5.74) is 7.97. The smallest absolute Gasteiger partial charge is 0.0437 e. The van der Waals surface area contributed by atoms with Crippen LogP contribution in [0.3, 0.4) is 0 Å². The molecular formula is C17H23N3. The molecule has 0 aliphatic heterocycles. The summed E-state index contributed by atoms with van der Waals surface area (Å²) in [6, 6.07) is 6.02. The van der Waals surface area contributed by atoms with E-state index in [4.69, 9.17) is 5.73 Å². The van der Waals surface area contributed by atoms with Gasteiger partial charge in [-0.2, -0.15) is 0 Å². The van der Waals surface area contributed by atoms with Crippen molar-refractivity contribution in [3.8, 4) is 0 Å². The van der Waals surface area contributed by atoms with Crippen LogP contribution in [0.1, 0.15) is 38.5 Å². The molecule has 2 aromatic rings. The van der Waals surface area contributed by atoms with E-state index in [2.05, 4.69) is 16.4 Å². The van der Waals surface area contributed by atoms with E-state index in [9.17, 15) is 0 Å². The molecule has 0 spiro atoms. The van der Waals surface area contributed by atoms with Gasteiger partial charge < -0.3 is 11.1 Å². The largest absolute Gasteiger partial charge is 0.398 e. The van der Waals surface area contributed by atoms with Crippen LogP contribution in [-0.4, -0.2) is 11.5 Å². The number of benzene rings is 1. The van der Waals surface area contributed by atoms with Gasteiger partial charge in [0.2, 0.25) is 0 Å². The number of nitrogen functional groups attached to an aromatic ring is 1. The van der Waals surface area contributed by atoms with Gasteiger partial charge in [0.05, 0.1) is 0 Å². The molecule has 3 nitrogen and oxygen atoms in total. The van der Waals surface area contributed by atoms with Crippen LogP contribution in [0.2, 0.25) is 0 Å². The van der Waals surface area contributed by atoms with Gasteiger partial charge in [-0.15, -0.1) is 0 Å². The third-order valence-electron chi connectivity index (χ3n) is 4.43. The number of nitrogens with two attached hydrogens (primary N) is 1. The number of pyridine rings is 1. The first kappa shape index (κ1) is 13.2. The molecule has 1 heterocycles. The maximum absolute atomic E-state index is 6.01. The van der Waals surface area contributed by atoms with Gasteiger partial charge in [0.1, 0.15) is 0 Å². The molecule has 20 heavy (non-hydrogen) atoms. The zero-order chi connectivity index (χ0) is 13.8. The molecule has 1 aromatic carbocycles. The Morgan fingerprint density at radius 1 is 1.15 bits per heavy atom. The number of nitrogens with one attached hydrogen (secondary N) is 1. The number of hydrogen-bond acceptors (Lipinski definition) is 3. The van der Waals surface area contributed by atoms with Gasteiger partial charge in [-0.1, -0.05) is 25.7 Å². The molecule has 1 saturated carbocycles. The van der Waals surface area contributed by atoms with E-state index in [1.54, 1.807) is 6.20 Å². The molecule has 1 aromatic heterocycles. The highest BCUT2D eigenvalue weighted by molar-refractivity contribution is 6.00. The first-order chi connectivity index (χ1) is 9.84. The summed E-state index contributed by atoms with van der Waals surface area (Å²) in [5.74, 6) is 0.974. The van der Waals surface area contributed by atoms with Crippen molar-refractivity contribution in [3.63, 3.8) is 0 Å². The lowest BCUT2D eigenvalue weighted by Gasteiger charge is -2.12. The molecule has 3 rings (SSSR count). The number of rotatable bonds is 5. The predicted molar refractivity (Wildman–Crippen MR) is 85.8 cm³/mol. The third kappa shape index (κ3) is 2.87. The minimum absolute atomic E-state index is 0.818. The molecule has 1 fully saturated rings. The fourth-order valence-electron chi connectivity index (χ4n) is 3.28. The van der Waals surface area contributed by atoms with Crippen LogP contribution in [-0.2, 0) is 0 Å². The molecule has 0 radical (unpaired) electrons. The summed E-state index contributed by atoms with van der Waals surface area (Å²) in [4.78, 5) is 4.21. The van der Waals surface area contributed by atoms with Crippen LogP contribution >= 0.6 is 0 Å². The lowest BCUT2D eigenvalue weighted by molar-refractivity contribution is 0.491. The molecule has 106 valence electrons. The maximum Gasteiger partial charge on any atom is 0.0437 e. The van der Waals surface area contributed by atoms with E-state index in [0.29, 0.717) is 0 Å². The van der Waals surface area contributed by atoms with E-state index < -0.39 is 0 Å². The van der Waals surface area contributed by atoms with Crippen LogP contribution < -0.4 is 11.1 Å². The Bertz CT molecular complexity index is 573. The summed E-state index contributed by atoms with van der Waals surface area (Å²) < 4.78 is 0. The van der Waals surface area contributed by atoms with Crippen LogP contribution in [0.4, 0.5) is 11.4 Å². The summed E-state index contributed by atoms with van der Waals surface area (Å²) in [7, 11) is 0. The van der Waals surface area contributed by atoms with Crippen LogP contribution in [0, 0.1) is 5.92 Å². The lowest BCUT2D eigenvalue weighted by Crippen LogP contribution is -2.05. The Morgan fingerprint density at radius 3 is 2.85 bits per heavy atom. The minimum Gasteiger partial charge on any atom is -0.398 e. The predicted octanol–water partition coefficient (Wildman–Crippen LogP) is 4.20. The van der Waals surface area contributed by atoms with Crippen molar-refractivity contribution >= 4 is 22.1 Å². The number of hydrogen-bond donors (Lipinski definition) is 2. The van der Waals surface area contributed by atoms with E-state index >= 15 is 0 Å². The SMILES string of the molecule is Nc1ccc(NCCCC2CCCC2)c2cnccc12. The highest BCUT2D eigenvalue weighted by Gasteiger charge is 2.14. The molecule has 0 amide bonds. The highest BCUT2D eigenvalue weighted by Crippen LogP contribution is 2.29. The van der Waals surface area contributed by atoms with E-state index in [0.717, 1.165) is 34.6 Å². The summed E-state index contributed by atoms with van der Waals surface area (Å²) in [6.07, 6.45) is 12.0. The van der Waals surface area contributed by atoms with Crippen molar-refractivity contribution in [1.29, 1.82) is 0 Å². The molecule has 0 unspecified atom stereocenters. The van der Waals surface area contributed by atoms with Crippen molar-refractivity contribution in [2.45, 2.75) is 38.5 Å². The molecule has 1 aliphatic rings. The monoisotopic (exact) mass is 269 g/mol. The summed E-state index contributed by atoms with van der Waals surface area (Å²) in [6.45, 7) is 1.03. The molecule has 3 N–H and O–H groups in total. The number of aromatic nitrogens is 1. The van der Waals surface area contributed by atoms with Crippen LogP contribution in [0.5, 0.6) is 0 Å². The fourth-order valence-corrected chi connectivity index (χ4v) is 3.28. The summed E-state index contributed by atoms with van der Waals surface area (Å²) >= 11 is 0. The Labute approximate surface area is 120 Å². The molecule has 3 heteroatoms. The van der Waals surface area contributed by atoms with E-state index in [-0.39, 0.29) is 0 Å². The Balaban J connectivity index is 1.61. The fraction of sp³-hybridized carbons (Fsp3) is 0.471. The second-order valence-electron chi connectivity index (χ2n) is 5.84. The van der Waals surface area contributed by atoms with Crippen molar-refractivity contribution in [2.24, 2.45) is 5.92 Å². The zero-order valence-corrected chi connectivity index (χ0v) is 11.9. The van der Waals surface area contributed by atoms with Crippen LogP contribution in [0.15, 0.2) is 30.6 Å². The van der Waals surface area contributed by atoms with Crippen LogP contribution in [0.25, 0.3) is 10.8 Å². The normalized spacial score (nSPS) is 15.8. The third-order valence-corrected chi connectivity index (χ3v) is 4.43. The van der Waals surface area contributed by atoms with Crippen molar-refractivity contribution < 1.29 is 0 Å². The minimum atomic E-state index is 0.818. The van der Waals surface area contributed by atoms with Gasteiger partial charge in [-0.25, -0.2) is 0 Å². The molecule has 0 saturated heterocycles. The first-order valence-corrected chi connectivity index (χ1v) is 7.70. The number of fused-ring (bicyclic) bond motifs is 1. The van der Waals surface area contributed by atoms with Crippen molar-refractivity contribution in [2.75, 3.05) is 17.6 Å². The van der Waals surface area contributed by atoms with Gasteiger partial charge in [0.25, 0.3) is 0 Å². The molecule has 0 bridgehead atoms. The number of anilines is 2. The number of nitrogens with zero attached hydrogens (tertiary/aromatic N) is 1. The van der Waals surface area contributed by atoms with Gasteiger partial charge in [-0.3, -0.25) is 4.98 Å². The maximum atomic E-state index is 6.01.